The Bertz CT molecular complexity index is 470. The molecule has 0 saturated heterocycles. The van der Waals surface area contributed by atoms with Gasteiger partial charge in [0.25, 0.3) is 0 Å². The third-order valence-corrected chi connectivity index (χ3v) is 2.12. The number of carbonyl (C=O) groups is 1. The molecule has 7 heteroatoms. The second kappa shape index (κ2) is 5.06. The predicted molar refractivity (Wildman–Crippen MR) is 59.0 cm³/mol. The first-order chi connectivity index (χ1) is 8.04. The van der Waals surface area contributed by atoms with Gasteiger partial charge in [0.2, 0.25) is 0 Å². The normalized spacial score (nSPS) is 11.1. The van der Waals surface area contributed by atoms with Gasteiger partial charge >= 0.3 is 5.97 Å². The maximum atomic E-state index is 11.0. The van der Waals surface area contributed by atoms with Crippen LogP contribution in [-0.4, -0.2) is 36.3 Å². The summed E-state index contributed by atoms with van der Waals surface area (Å²) in [6.07, 6.45) is 0. The van der Waals surface area contributed by atoms with Crippen molar-refractivity contribution >= 4 is 11.8 Å². The Balaban J connectivity index is 3.56. The van der Waals surface area contributed by atoms with Crippen molar-refractivity contribution < 1.29 is 24.6 Å². The number of oxime groups is 1. The van der Waals surface area contributed by atoms with E-state index in [2.05, 4.69) is 5.16 Å². The Labute approximate surface area is 97.1 Å². The highest BCUT2D eigenvalue weighted by Crippen LogP contribution is 2.29. The molecule has 1 aromatic carbocycles. The monoisotopic (exact) mass is 240 g/mol. The minimum atomic E-state index is -1.20. The van der Waals surface area contributed by atoms with Gasteiger partial charge in [0, 0.05) is 0 Å². The van der Waals surface area contributed by atoms with Crippen molar-refractivity contribution in [2.45, 2.75) is 0 Å². The molecule has 0 heterocycles. The van der Waals surface area contributed by atoms with Crippen molar-refractivity contribution in [3.63, 3.8) is 0 Å². The summed E-state index contributed by atoms with van der Waals surface area (Å²) in [6.45, 7) is 0. The van der Waals surface area contributed by atoms with Crippen LogP contribution >= 0.6 is 0 Å². The summed E-state index contributed by atoms with van der Waals surface area (Å²) in [5.41, 5.74) is 5.45. The number of rotatable bonds is 4. The Hall–Kier alpha value is -2.44. The van der Waals surface area contributed by atoms with Gasteiger partial charge in [-0.05, 0) is 12.1 Å². The molecular weight excluding hydrogens is 228 g/mol. The maximum Gasteiger partial charge on any atom is 0.339 e. The zero-order valence-electron chi connectivity index (χ0n) is 9.30. The molecular formula is C10H12N2O5. The third kappa shape index (κ3) is 2.39. The summed E-state index contributed by atoms with van der Waals surface area (Å²) in [5.74, 6) is -1.19. The van der Waals surface area contributed by atoms with Crippen molar-refractivity contribution in [2.24, 2.45) is 10.9 Å². The van der Waals surface area contributed by atoms with Crippen molar-refractivity contribution in [3.05, 3.63) is 23.3 Å². The lowest BCUT2D eigenvalue weighted by atomic mass is 10.1. The lowest BCUT2D eigenvalue weighted by Gasteiger charge is -2.12. The number of hydrogen-bond acceptors (Lipinski definition) is 5. The maximum absolute atomic E-state index is 11.0. The highest BCUT2D eigenvalue weighted by Gasteiger charge is 2.19. The molecule has 0 radical (unpaired) electrons. The average Bonchev–Trinajstić information content (AvgIpc) is 2.35. The topological polar surface area (TPSA) is 114 Å². The molecule has 7 nitrogen and oxygen atoms in total. The molecule has 0 aliphatic heterocycles. The van der Waals surface area contributed by atoms with E-state index in [0.29, 0.717) is 0 Å². The largest absolute Gasteiger partial charge is 0.497 e. The van der Waals surface area contributed by atoms with Crippen molar-refractivity contribution in [1.82, 2.24) is 0 Å². The zero-order valence-corrected chi connectivity index (χ0v) is 9.30. The fourth-order valence-corrected chi connectivity index (χ4v) is 1.34. The molecule has 17 heavy (non-hydrogen) atoms. The molecule has 92 valence electrons. The van der Waals surface area contributed by atoms with E-state index in [1.54, 1.807) is 0 Å². The van der Waals surface area contributed by atoms with E-state index in [4.69, 9.17) is 25.5 Å². The van der Waals surface area contributed by atoms with Crippen LogP contribution in [0.5, 0.6) is 11.5 Å². The quantitative estimate of drug-likeness (QED) is 0.305. The molecule has 0 bridgehead atoms. The fraction of sp³-hybridized carbons (Fsp3) is 0.200. The van der Waals surface area contributed by atoms with Crippen molar-refractivity contribution in [1.29, 1.82) is 0 Å². The van der Waals surface area contributed by atoms with E-state index < -0.39 is 5.97 Å². The van der Waals surface area contributed by atoms with Crippen LogP contribution in [0.25, 0.3) is 0 Å². The number of amidine groups is 1. The van der Waals surface area contributed by atoms with E-state index in [-0.39, 0.29) is 28.5 Å². The fourth-order valence-electron chi connectivity index (χ4n) is 1.34. The molecule has 0 unspecified atom stereocenters. The molecule has 0 saturated carbocycles. The van der Waals surface area contributed by atoms with Crippen LogP contribution in [0.3, 0.4) is 0 Å². The van der Waals surface area contributed by atoms with Crippen LogP contribution in [0.4, 0.5) is 0 Å². The first-order valence-electron chi connectivity index (χ1n) is 4.52. The number of carboxylic acids is 1. The van der Waals surface area contributed by atoms with E-state index in [0.717, 1.165) is 0 Å². The number of carboxylic acid groups (broad SMARTS) is 1. The van der Waals surface area contributed by atoms with E-state index in [9.17, 15) is 4.79 Å². The van der Waals surface area contributed by atoms with Gasteiger partial charge in [-0.15, -0.1) is 0 Å². The van der Waals surface area contributed by atoms with Crippen LogP contribution in [-0.2, 0) is 0 Å². The smallest absolute Gasteiger partial charge is 0.339 e. The summed E-state index contributed by atoms with van der Waals surface area (Å²) < 4.78 is 9.88. The van der Waals surface area contributed by atoms with Crippen LogP contribution in [0, 0.1) is 0 Å². The molecule has 0 aliphatic carbocycles. The van der Waals surface area contributed by atoms with Crippen LogP contribution < -0.4 is 15.2 Å². The van der Waals surface area contributed by atoms with Crippen LogP contribution in [0.2, 0.25) is 0 Å². The van der Waals surface area contributed by atoms with Crippen LogP contribution in [0.15, 0.2) is 17.3 Å². The van der Waals surface area contributed by atoms with Crippen molar-refractivity contribution in [2.75, 3.05) is 14.2 Å². The van der Waals surface area contributed by atoms with Crippen molar-refractivity contribution in [3.8, 4) is 11.5 Å². The number of nitrogens with two attached hydrogens (primary N) is 1. The number of benzene rings is 1. The second-order valence-electron chi connectivity index (χ2n) is 3.05. The Morgan fingerprint density at radius 1 is 1.29 bits per heavy atom. The van der Waals surface area contributed by atoms with Gasteiger partial charge in [-0.3, -0.25) is 0 Å². The third-order valence-electron chi connectivity index (χ3n) is 2.12. The summed E-state index contributed by atoms with van der Waals surface area (Å²) in [5, 5.41) is 20.4. The number of hydrogen-bond donors (Lipinski definition) is 3. The zero-order chi connectivity index (χ0) is 13.0. The van der Waals surface area contributed by atoms with E-state index in [1.165, 1.54) is 26.4 Å². The van der Waals surface area contributed by atoms with Gasteiger partial charge in [-0.25, -0.2) is 4.79 Å². The van der Waals surface area contributed by atoms with Gasteiger partial charge in [0.15, 0.2) is 5.84 Å². The standard InChI is InChI=1S/C10H12N2O5/c1-16-5-3-6(9(11)12-15)8(17-2)7(4-5)10(13)14/h3-4,15H,1-2H3,(H2,11,12)(H,13,14). The van der Waals surface area contributed by atoms with Gasteiger partial charge in [0.05, 0.1) is 19.8 Å². The molecule has 0 aliphatic rings. The second-order valence-corrected chi connectivity index (χ2v) is 3.05. The summed E-state index contributed by atoms with van der Waals surface area (Å²) >= 11 is 0. The first-order valence-corrected chi connectivity index (χ1v) is 4.52. The number of methoxy groups -OCH3 is 2. The van der Waals surface area contributed by atoms with Gasteiger partial charge in [0.1, 0.15) is 17.1 Å². The highest BCUT2D eigenvalue weighted by molar-refractivity contribution is 6.04. The molecule has 0 aromatic heterocycles. The average molecular weight is 240 g/mol. The minimum absolute atomic E-state index is 0.00796. The Morgan fingerprint density at radius 2 is 1.88 bits per heavy atom. The van der Waals surface area contributed by atoms with Gasteiger partial charge < -0.3 is 25.5 Å². The molecule has 4 N–H and O–H groups in total. The van der Waals surface area contributed by atoms with E-state index in [1.807, 2.05) is 0 Å². The number of nitrogens with zero attached hydrogens (tertiary/aromatic N) is 1. The SMILES string of the molecule is COc1cc(C(=O)O)c(OC)c(/C(N)=N/O)c1. The number of ether oxygens (including phenoxy) is 2. The lowest BCUT2D eigenvalue weighted by molar-refractivity contribution is 0.0693. The van der Waals surface area contributed by atoms with Gasteiger partial charge in [-0.1, -0.05) is 5.16 Å². The van der Waals surface area contributed by atoms with Crippen LogP contribution in [0.1, 0.15) is 15.9 Å². The summed E-state index contributed by atoms with van der Waals surface area (Å²) in [6, 6.07) is 2.70. The van der Waals surface area contributed by atoms with E-state index >= 15 is 0 Å². The lowest BCUT2D eigenvalue weighted by Crippen LogP contribution is -2.16. The summed E-state index contributed by atoms with van der Waals surface area (Å²) in [4.78, 5) is 11.0. The molecule has 0 spiro atoms. The Morgan fingerprint density at radius 3 is 2.29 bits per heavy atom. The number of aromatic carboxylic acids is 1. The molecule has 0 fully saturated rings. The first kappa shape index (κ1) is 12.6. The molecule has 0 atom stereocenters. The molecule has 0 amide bonds. The molecule has 1 rings (SSSR count). The Kier molecular flexibility index (Phi) is 3.76. The minimum Gasteiger partial charge on any atom is -0.497 e. The molecule has 1 aromatic rings. The van der Waals surface area contributed by atoms with Gasteiger partial charge in [-0.2, -0.15) is 0 Å². The summed E-state index contributed by atoms with van der Waals surface area (Å²) in [7, 11) is 2.67. The highest BCUT2D eigenvalue weighted by atomic mass is 16.5. The predicted octanol–water partition coefficient (Wildman–Crippen LogP) is 0.497.